The summed E-state index contributed by atoms with van der Waals surface area (Å²) in [6.07, 6.45) is 13.6. The van der Waals surface area contributed by atoms with Gasteiger partial charge in [-0.15, -0.1) is 10.2 Å². The van der Waals surface area contributed by atoms with E-state index in [-0.39, 0.29) is 11.8 Å². The number of aromatic nitrogens is 5. The highest BCUT2D eigenvalue weighted by atomic mass is 16.2. The molecule has 2 aliphatic heterocycles. The number of amides is 1. The third-order valence-corrected chi connectivity index (χ3v) is 6.77. The maximum atomic E-state index is 13.3. The fourth-order valence-electron chi connectivity index (χ4n) is 5.19. The van der Waals surface area contributed by atoms with E-state index in [4.69, 9.17) is 0 Å². The predicted molar refractivity (Wildman–Crippen MR) is 108 cm³/mol. The van der Waals surface area contributed by atoms with Gasteiger partial charge in [-0.05, 0) is 25.7 Å². The number of fused-ring (bicyclic) bond motifs is 1. The topological polar surface area (TPSA) is 80.0 Å². The summed E-state index contributed by atoms with van der Waals surface area (Å²) < 4.78 is 2.06. The number of carbonyl (C=O) groups excluding carboxylic acids is 1. The van der Waals surface area contributed by atoms with E-state index in [0.717, 1.165) is 57.4 Å². The van der Waals surface area contributed by atoms with Gasteiger partial charge < -0.3 is 9.47 Å². The summed E-state index contributed by atoms with van der Waals surface area (Å²) in [5.74, 6) is 1.53. The van der Waals surface area contributed by atoms with Crippen LogP contribution in [0.25, 0.3) is 11.5 Å². The van der Waals surface area contributed by atoms with E-state index in [2.05, 4.69) is 34.5 Å². The van der Waals surface area contributed by atoms with Gasteiger partial charge in [0.05, 0.1) is 12.1 Å². The zero-order valence-corrected chi connectivity index (χ0v) is 16.9. The molecule has 1 amide bonds. The minimum Gasteiger partial charge on any atom is -0.339 e. The summed E-state index contributed by atoms with van der Waals surface area (Å²) in [7, 11) is 0. The number of hydrogen-bond donors (Lipinski definition) is 0. The second-order valence-corrected chi connectivity index (χ2v) is 8.47. The molecule has 4 heterocycles. The van der Waals surface area contributed by atoms with Crippen LogP contribution in [0.5, 0.6) is 0 Å². The van der Waals surface area contributed by atoms with Crippen LogP contribution in [-0.4, -0.2) is 72.7 Å². The third-order valence-electron chi connectivity index (χ3n) is 6.77. The van der Waals surface area contributed by atoms with Gasteiger partial charge in [-0.2, -0.15) is 0 Å². The average molecular weight is 396 g/mol. The van der Waals surface area contributed by atoms with Gasteiger partial charge in [0.1, 0.15) is 11.5 Å². The smallest absolute Gasteiger partial charge is 0.233 e. The molecule has 29 heavy (non-hydrogen) atoms. The summed E-state index contributed by atoms with van der Waals surface area (Å²) in [6.45, 7) is 4.49. The lowest BCUT2D eigenvalue weighted by atomic mass is 9.93. The van der Waals surface area contributed by atoms with Gasteiger partial charge in [0.25, 0.3) is 0 Å². The van der Waals surface area contributed by atoms with Gasteiger partial charge in [0, 0.05) is 51.2 Å². The molecular weight excluding hydrogens is 366 g/mol. The lowest BCUT2D eigenvalue weighted by Gasteiger charge is -2.41. The second-order valence-electron chi connectivity index (χ2n) is 8.47. The molecule has 3 aliphatic rings. The van der Waals surface area contributed by atoms with E-state index in [1.807, 2.05) is 0 Å². The maximum absolute atomic E-state index is 13.3. The van der Waals surface area contributed by atoms with Gasteiger partial charge in [-0.3, -0.25) is 14.7 Å². The van der Waals surface area contributed by atoms with E-state index in [0.29, 0.717) is 11.5 Å². The molecule has 1 aliphatic carbocycles. The van der Waals surface area contributed by atoms with Crippen molar-refractivity contribution < 1.29 is 4.79 Å². The largest absolute Gasteiger partial charge is 0.339 e. The first-order valence-electron chi connectivity index (χ1n) is 11.0. The summed E-state index contributed by atoms with van der Waals surface area (Å²) in [5, 5.41) is 8.76. The number of nitrogens with zero attached hydrogens (tertiary/aromatic N) is 7. The van der Waals surface area contributed by atoms with Crippen LogP contribution >= 0.6 is 0 Å². The molecule has 0 spiro atoms. The molecule has 0 bridgehead atoms. The Morgan fingerprint density at radius 3 is 2.48 bits per heavy atom. The monoisotopic (exact) mass is 395 g/mol. The van der Waals surface area contributed by atoms with Crippen LogP contribution in [0.3, 0.4) is 0 Å². The molecule has 1 unspecified atom stereocenters. The first kappa shape index (κ1) is 18.7. The predicted octanol–water partition coefficient (Wildman–Crippen LogP) is 2.09. The molecular formula is C21H29N7O. The lowest BCUT2D eigenvalue weighted by molar-refractivity contribution is -0.135. The molecule has 0 aromatic carbocycles. The highest BCUT2D eigenvalue weighted by Gasteiger charge is 2.36. The van der Waals surface area contributed by atoms with Crippen molar-refractivity contribution in [2.24, 2.45) is 0 Å². The van der Waals surface area contributed by atoms with Crippen molar-refractivity contribution in [1.82, 2.24) is 34.5 Å². The van der Waals surface area contributed by atoms with Gasteiger partial charge in [-0.1, -0.05) is 19.3 Å². The number of piperazine rings is 1. The zero-order valence-electron chi connectivity index (χ0n) is 16.9. The highest BCUT2D eigenvalue weighted by Crippen LogP contribution is 2.31. The van der Waals surface area contributed by atoms with Crippen LogP contribution in [0.2, 0.25) is 0 Å². The van der Waals surface area contributed by atoms with Crippen molar-refractivity contribution in [3.63, 3.8) is 0 Å². The Kier molecular flexibility index (Phi) is 5.26. The van der Waals surface area contributed by atoms with E-state index in [1.54, 1.807) is 18.6 Å². The van der Waals surface area contributed by atoms with Crippen molar-refractivity contribution in [3.05, 3.63) is 24.4 Å². The first-order chi connectivity index (χ1) is 14.3. The standard InChI is InChI=1S/C21H29N7O/c29-21(27-13-11-26(12-14-27)16-5-2-1-3-6-16)17-7-4-10-28-19(17)24-25-20(28)18-15-22-8-9-23-18/h8-9,15-17H,1-7,10-14H2. The Morgan fingerprint density at radius 1 is 0.897 bits per heavy atom. The van der Waals surface area contributed by atoms with Crippen LogP contribution in [0.15, 0.2) is 18.6 Å². The molecule has 2 fully saturated rings. The van der Waals surface area contributed by atoms with Crippen LogP contribution < -0.4 is 0 Å². The second kappa shape index (κ2) is 8.18. The molecule has 2 aromatic rings. The van der Waals surface area contributed by atoms with Crippen molar-refractivity contribution in [3.8, 4) is 11.5 Å². The Balaban J connectivity index is 1.28. The summed E-state index contributed by atoms with van der Waals surface area (Å²) >= 11 is 0. The minimum atomic E-state index is -0.192. The van der Waals surface area contributed by atoms with Crippen LogP contribution in [0.1, 0.15) is 56.7 Å². The van der Waals surface area contributed by atoms with E-state index in [1.165, 1.54) is 32.1 Å². The molecule has 0 radical (unpaired) electrons. The highest BCUT2D eigenvalue weighted by molar-refractivity contribution is 5.83. The minimum absolute atomic E-state index is 0.192. The van der Waals surface area contributed by atoms with Gasteiger partial charge >= 0.3 is 0 Å². The van der Waals surface area contributed by atoms with Gasteiger partial charge in [0.15, 0.2) is 5.82 Å². The normalized spacial score (nSPS) is 23.7. The summed E-state index contributed by atoms with van der Waals surface area (Å²) in [4.78, 5) is 26.5. The van der Waals surface area contributed by atoms with Crippen LogP contribution in [-0.2, 0) is 11.3 Å². The Labute approximate surface area is 171 Å². The molecule has 154 valence electrons. The number of rotatable bonds is 3. The Hall–Kier alpha value is -2.35. The molecule has 0 N–H and O–H groups in total. The van der Waals surface area contributed by atoms with Gasteiger partial charge in [-0.25, -0.2) is 4.98 Å². The fourth-order valence-corrected chi connectivity index (χ4v) is 5.19. The molecule has 1 saturated heterocycles. The molecule has 1 saturated carbocycles. The fraction of sp³-hybridized carbons (Fsp3) is 0.667. The van der Waals surface area contributed by atoms with Crippen molar-refractivity contribution in [1.29, 1.82) is 0 Å². The molecule has 2 aromatic heterocycles. The number of hydrogen-bond acceptors (Lipinski definition) is 6. The van der Waals surface area contributed by atoms with Crippen molar-refractivity contribution in [2.75, 3.05) is 26.2 Å². The van der Waals surface area contributed by atoms with Gasteiger partial charge in [0.2, 0.25) is 5.91 Å². The number of carbonyl (C=O) groups is 1. The van der Waals surface area contributed by atoms with Crippen molar-refractivity contribution >= 4 is 5.91 Å². The lowest BCUT2D eigenvalue weighted by Crippen LogP contribution is -2.53. The van der Waals surface area contributed by atoms with Crippen molar-refractivity contribution in [2.45, 2.75) is 63.5 Å². The van der Waals surface area contributed by atoms with E-state index >= 15 is 0 Å². The Bertz CT molecular complexity index is 838. The molecule has 5 rings (SSSR count). The summed E-state index contributed by atoms with van der Waals surface area (Å²) in [5.41, 5.74) is 0.709. The third kappa shape index (κ3) is 3.66. The van der Waals surface area contributed by atoms with E-state index in [9.17, 15) is 4.79 Å². The first-order valence-corrected chi connectivity index (χ1v) is 11.0. The molecule has 8 heteroatoms. The Morgan fingerprint density at radius 2 is 1.72 bits per heavy atom. The zero-order chi connectivity index (χ0) is 19.6. The van der Waals surface area contributed by atoms with Crippen LogP contribution in [0, 0.1) is 0 Å². The quantitative estimate of drug-likeness (QED) is 0.792. The molecule has 1 atom stereocenters. The van der Waals surface area contributed by atoms with E-state index < -0.39 is 0 Å². The average Bonchev–Trinajstić information content (AvgIpc) is 3.24. The summed E-state index contributed by atoms with van der Waals surface area (Å²) in [6, 6.07) is 0.730. The molecule has 8 nitrogen and oxygen atoms in total. The van der Waals surface area contributed by atoms with Crippen LogP contribution in [0.4, 0.5) is 0 Å². The SMILES string of the molecule is O=C(C1CCCn2c(-c3cnccn3)nnc21)N1CCN(C2CCCCC2)CC1. The maximum Gasteiger partial charge on any atom is 0.233 e.